The minimum absolute atomic E-state index is 0.0549. The van der Waals surface area contributed by atoms with Crippen molar-refractivity contribution in [3.63, 3.8) is 0 Å². The molecule has 3 rings (SSSR count). The quantitative estimate of drug-likeness (QED) is 0.664. The molecule has 9 nitrogen and oxygen atoms in total. The van der Waals surface area contributed by atoms with E-state index in [9.17, 15) is 4.79 Å². The van der Waals surface area contributed by atoms with Gasteiger partial charge >= 0.3 is 0 Å². The summed E-state index contributed by atoms with van der Waals surface area (Å²) >= 11 is 0. The first kappa shape index (κ1) is 19.5. The van der Waals surface area contributed by atoms with Crippen molar-refractivity contribution in [1.29, 1.82) is 5.26 Å². The molecule has 0 radical (unpaired) electrons. The number of nitrogens with zero attached hydrogens (tertiary/aromatic N) is 6. The third-order valence-corrected chi connectivity index (χ3v) is 4.59. The van der Waals surface area contributed by atoms with Crippen LogP contribution in [0.2, 0.25) is 0 Å². The van der Waals surface area contributed by atoms with Crippen molar-refractivity contribution in [1.82, 2.24) is 30.1 Å². The van der Waals surface area contributed by atoms with Crippen LogP contribution in [0.4, 0.5) is 0 Å². The Kier molecular flexibility index (Phi) is 5.68. The zero-order chi connectivity index (χ0) is 20.3. The molecule has 1 N–H and O–H groups in total. The van der Waals surface area contributed by atoms with E-state index in [4.69, 9.17) is 9.78 Å². The molecule has 0 aliphatic carbocycles. The number of nitrogens with one attached hydrogen (secondary N) is 1. The van der Waals surface area contributed by atoms with Crippen LogP contribution in [-0.2, 0) is 17.6 Å². The number of rotatable bonds is 7. The summed E-state index contributed by atoms with van der Waals surface area (Å²) in [6, 6.07) is 2.09. The second-order valence-corrected chi connectivity index (χ2v) is 6.97. The molecule has 0 aromatic carbocycles. The van der Waals surface area contributed by atoms with Crippen molar-refractivity contribution in [2.24, 2.45) is 0 Å². The summed E-state index contributed by atoms with van der Waals surface area (Å²) in [5.74, 6) is 1.36. The van der Waals surface area contributed by atoms with Gasteiger partial charge in [0.25, 0.3) is 0 Å². The van der Waals surface area contributed by atoms with Crippen LogP contribution in [0.3, 0.4) is 0 Å². The molecule has 28 heavy (non-hydrogen) atoms. The lowest BCUT2D eigenvalue weighted by molar-refractivity contribution is -0.121. The highest BCUT2D eigenvalue weighted by Crippen LogP contribution is 2.18. The molecule has 0 spiro atoms. The number of carbonyl (C=O) groups is 1. The number of fused-ring (bicyclic) bond motifs is 1. The van der Waals surface area contributed by atoms with Crippen molar-refractivity contribution < 1.29 is 9.32 Å². The van der Waals surface area contributed by atoms with Crippen LogP contribution in [0.1, 0.15) is 60.4 Å². The minimum atomic E-state index is -0.0549. The maximum absolute atomic E-state index is 12.2. The Morgan fingerprint density at radius 1 is 1.32 bits per heavy atom. The molecule has 0 atom stereocenters. The molecular formula is C19H23N7O2. The van der Waals surface area contributed by atoms with Crippen molar-refractivity contribution in [2.45, 2.75) is 52.9 Å². The fourth-order valence-corrected chi connectivity index (χ4v) is 2.99. The van der Waals surface area contributed by atoms with Crippen LogP contribution >= 0.6 is 0 Å². The van der Waals surface area contributed by atoms with Crippen LogP contribution in [0.25, 0.3) is 5.65 Å². The van der Waals surface area contributed by atoms with Crippen LogP contribution in [-0.4, -0.2) is 37.2 Å². The van der Waals surface area contributed by atoms with E-state index in [2.05, 4.69) is 31.6 Å². The Morgan fingerprint density at radius 3 is 2.79 bits per heavy atom. The first-order valence-electron chi connectivity index (χ1n) is 9.23. The number of hydrogen-bond acceptors (Lipinski definition) is 7. The van der Waals surface area contributed by atoms with Gasteiger partial charge in [-0.1, -0.05) is 19.0 Å². The van der Waals surface area contributed by atoms with Gasteiger partial charge in [0.2, 0.25) is 11.8 Å². The summed E-state index contributed by atoms with van der Waals surface area (Å²) < 4.78 is 6.82. The number of aryl methyl sites for hydroxylation is 2. The maximum atomic E-state index is 12.2. The normalized spacial score (nSPS) is 11.1. The summed E-state index contributed by atoms with van der Waals surface area (Å²) in [6.07, 6.45) is 2.89. The van der Waals surface area contributed by atoms with Gasteiger partial charge in [-0.3, -0.25) is 4.79 Å². The number of aromatic nitrogens is 5. The number of nitriles is 1. The largest absolute Gasteiger partial charge is 0.356 e. The fraction of sp³-hybridized carbons (Fsp3) is 0.474. The molecule has 3 heterocycles. The molecule has 0 saturated carbocycles. The zero-order valence-electron chi connectivity index (χ0n) is 16.5. The van der Waals surface area contributed by atoms with Crippen molar-refractivity contribution in [2.75, 3.05) is 6.54 Å². The summed E-state index contributed by atoms with van der Waals surface area (Å²) in [5, 5.41) is 20.1. The predicted molar refractivity (Wildman–Crippen MR) is 101 cm³/mol. The lowest BCUT2D eigenvalue weighted by atomic mass is 10.1. The smallest absolute Gasteiger partial charge is 0.228 e. The van der Waals surface area contributed by atoms with Crippen LogP contribution in [0.5, 0.6) is 0 Å². The van der Waals surface area contributed by atoms with Gasteiger partial charge in [-0.2, -0.15) is 15.3 Å². The van der Waals surface area contributed by atoms with Gasteiger partial charge < -0.3 is 9.84 Å². The average Bonchev–Trinajstić information content (AvgIpc) is 3.28. The van der Waals surface area contributed by atoms with E-state index >= 15 is 0 Å². The zero-order valence-corrected chi connectivity index (χ0v) is 16.5. The molecule has 1 amide bonds. The standard InChI is InChI=1S/C19H23N7O2/c1-11(2)18-24-17(28-25-18)7-8-21-16(27)6-5-15-12(3)23-19-14(9-20)10-22-26(19)13(15)4/h10-11H,5-8H2,1-4H3,(H,21,27). The molecule has 0 bridgehead atoms. The van der Waals surface area contributed by atoms with Crippen molar-refractivity contribution >= 4 is 11.6 Å². The maximum Gasteiger partial charge on any atom is 0.228 e. The first-order valence-corrected chi connectivity index (χ1v) is 9.23. The van der Waals surface area contributed by atoms with Crippen LogP contribution < -0.4 is 5.32 Å². The minimum Gasteiger partial charge on any atom is -0.356 e. The van der Waals surface area contributed by atoms with Crippen molar-refractivity contribution in [3.05, 3.63) is 40.4 Å². The topological polar surface area (TPSA) is 122 Å². The molecule has 0 unspecified atom stereocenters. The Balaban J connectivity index is 1.56. The van der Waals surface area contributed by atoms with Gasteiger partial charge in [-0.25, -0.2) is 9.50 Å². The summed E-state index contributed by atoms with van der Waals surface area (Å²) in [4.78, 5) is 21.0. The molecule has 3 aromatic rings. The van der Waals surface area contributed by atoms with Gasteiger partial charge in [0, 0.05) is 36.7 Å². The van der Waals surface area contributed by atoms with Gasteiger partial charge in [0.1, 0.15) is 11.6 Å². The van der Waals surface area contributed by atoms with Crippen LogP contribution in [0, 0.1) is 25.2 Å². The molecule has 0 aliphatic rings. The molecule has 3 aromatic heterocycles. The predicted octanol–water partition coefficient (Wildman–Crippen LogP) is 2.02. The van der Waals surface area contributed by atoms with Crippen LogP contribution in [0.15, 0.2) is 10.7 Å². The van der Waals surface area contributed by atoms with Gasteiger partial charge in [0.05, 0.1) is 6.20 Å². The SMILES string of the molecule is Cc1nc2c(C#N)cnn2c(C)c1CCC(=O)NCCc1nc(C(C)C)no1. The van der Waals surface area contributed by atoms with E-state index in [-0.39, 0.29) is 11.8 Å². The molecule has 0 saturated heterocycles. The summed E-state index contributed by atoms with van der Waals surface area (Å²) in [6.45, 7) is 8.24. The average molecular weight is 381 g/mol. The fourth-order valence-electron chi connectivity index (χ4n) is 2.99. The van der Waals surface area contributed by atoms with E-state index in [1.54, 1.807) is 4.52 Å². The van der Waals surface area contributed by atoms with E-state index in [0.29, 0.717) is 48.7 Å². The second-order valence-electron chi connectivity index (χ2n) is 6.97. The van der Waals surface area contributed by atoms with E-state index in [1.165, 1.54) is 6.20 Å². The highest BCUT2D eigenvalue weighted by molar-refractivity contribution is 5.76. The Labute approximate surface area is 162 Å². The second kappa shape index (κ2) is 8.17. The Hall–Kier alpha value is -3.28. The van der Waals surface area contributed by atoms with E-state index < -0.39 is 0 Å². The highest BCUT2D eigenvalue weighted by atomic mass is 16.5. The van der Waals surface area contributed by atoms with E-state index in [1.807, 2.05) is 27.7 Å². The molecule has 9 heteroatoms. The van der Waals surface area contributed by atoms with Crippen molar-refractivity contribution in [3.8, 4) is 6.07 Å². The first-order chi connectivity index (χ1) is 13.4. The Bertz CT molecular complexity index is 1040. The number of hydrogen-bond donors (Lipinski definition) is 1. The lowest BCUT2D eigenvalue weighted by Crippen LogP contribution is -2.26. The lowest BCUT2D eigenvalue weighted by Gasteiger charge is -2.11. The molecule has 0 fully saturated rings. The van der Waals surface area contributed by atoms with Gasteiger partial charge in [-0.15, -0.1) is 0 Å². The molecule has 0 aliphatic heterocycles. The monoisotopic (exact) mass is 381 g/mol. The third-order valence-electron chi connectivity index (χ3n) is 4.59. The summed E-state index contributed by atoms with van der Waals surface area (Å²) in [7, 11) is 0. The number of carbonyl (C=O) groups excluding carboxylic acids is 1. The third kappa shape index (κ3) is 4.01. The van der Waals surface area contributed by atoms with E-state index in [0.717, 1.165) is 17.0 Å². The highest BCUT2D eigenvalue weighted by Gasteiger charge is 2.15. The molecule has 146 valence electrons. The van der Waals surface area contributed by atoms with Gasteiger partial charge in [-0.05, 0) is 25.8 Å². The number of amides is 1. The van der Waals surface area contributed by atoms with Gasteiger partial charge in [0.15, 0.2) is 11.5 Å². The molecular weight excluding hydrogens is 358 g/mol. The summed E-state index contributed by atoms with van der Waals surface area (Å²) in [5.41, 5.74) is 3.66. The Morgan fingerprint density at radius 2 is 2.11 bits per heavy atom.